The van der Waals surface area contributed by atoms with Crippen LogP contribution in [0.1, 0.15) is 55.0 Å². The highest BCUT2D eigenvalue weighted by atomic mass is 16.5. The zero-order valence-corrected chi connectivity index (χ0v) is 18.9. The van der Waals surface area contributed by atoms with Crippen molar-refractivity contribution in [3.63, 3.8) is 0 Å². The molecule has 162 valence electrons. The van der Waals surface area contributed by atoms with Crippen LogP contribution in [0.4, 0.5) is 0 Å². The first-order chi connectivity index (χ1) is 14.4. The highest BCUT2D eigenvalue weighted by Crippen LogP contribution is 2.52. The van der Waals surface area contributed by atoms with Gasteiger partial charge >= 0.3 is 0 Å². The summed E-state index contributed by atoms with van der Waals surface area (Å²) in [4.78, 5) is 16.0. The van der Waals surface area contributed by atoms with Gasteiger partial charge in [0, 0.05) is 43.5 Å². The molecule has 1 amide bonds. The smallest absolute Gasteiger partial charge is 0.228 e. The Morgan fingerprint density at radius 1 is 1.30 bits per heavy atom. The van der Waals surface area contributed by atoms with Crippen molar-refractivity contribution in [1.29, 1.82) is 0 Å². The lowest BCUT2D eigenvalue weighted by Gasteiger charge is -2.35. The third-order valence-electron chi connectivity index (χ3n) is 7.64. The molecule has 6 nitrogen and oxygen atoms in total. The maximum Gasteiger partial charge on any atom is 0.228 e. The Labute approximate surface area is 179 Å². The van der Waals surface area contributed by atoms with E-state index in [-0.39, 0.29) is 11.3 Å². The lowest BCUT2D eigenvalue weighted by Crippen LogP contribution is -2.48. The number of nitrogens with one attached hydrogen (secondary N) is 1. The van der Waals surface area contributed by atoms with Crippen LogP contribution in [0, 0.1) is 19.3 Å². The first kappa shape index (κ1) is 20.9. The molecule has 1 N–H and O–H groups in total. The Morgan fingerprint density at radius 3 is 2.73 bits per heavy atom. The zero-order valence-electron chi connectivity index (χ0n) is 18.9. The number of hydrogen-bond donors (Lipinski definition) is 1. The number of benzene rings is 1. The van der Waals surface area contributed by atoms with Crippen LogP contribution in [-0.4, -0.2) is 39.8 Å². The minimum atomic E-state index is -0.292. The molecule has 2 saturated heterocycles. The molecule has 6 heteroatoms. The number of fused-ring (bicyclic) bond motifs is 2. The van der Waals surface area contributed by atoms with Gasteiger partial charge in [-0.1, -0.05) is 13.0 Å². The van der Waals surface area contributed by atoms with E-state index in [0.29, 0.717) is 18.6 Å². The molecule has 1 aromatic heterocycles. The van der Waals surface area contributed by atoms with Crippen LogP contribution in [-0.2, 0) is 24.9 Å². The Balaban J connectivity index is 1.49. The van der Waals surface area contributed by atoms with E-state index >= 15 is 0 Å². The number of carbonyl (C=O) groups is 1. The summed E-state index contributed by atoms with van der Waals surface area (Å²) in [5, 5.41) is 7.54. The van der Waals surface area contributed by atoms with Crippen molar-refractivity contribution < 1.29 is 9.53 Å². The average Bonchev–Trinajstić information content (AvgIpc) is 3.39. The molecule has 4 rings (SSSR count). The summed E-state index contributed by atoms with van der Waals surface area (Å²) in [6.07, 6.45) is 5.99. The summed E-state index contributed by atoms with van der Waals surface area (Å²) >= 11 is 0. The SMILES string of the molecule is CC[C@@]1(C(=O)NCc2cnn(C)c2C)C[C@@H]2CC[C@H]1N2Cc1ccc(OC)cc1C. The average molecular weight is 411 g/mol. The lowest BCUT2D eigenvalue weighted by atomic mass is 9.71. The van der Waals surface area contributed by atoms with E-state index in [2.05, 4.69) is 41.3 Å². The predicted molar refractivity (Wildman–Crippen MR) is 117 cm³/mol. The van der Waals surface area contributed by atoms with Gasteiger partial charge in [0.25, 0.3) is 0 Å². The summed E-state index contributed by atoms with van der Waals surface area (Å²) in [6.45, 7) is 7.82. The van der Waals surface area contributed by atoms with E-state index in [9.17, 15) is 4.79 Å². The molecular formula is C24H34N4O2. The number of amides is 1. The number of ether oxygens (including phenoxy) is 1. The Kier molecular flexibility index (Phi) is 5.62. The fourth-order valence-electron chi connectivity index (χ4n) is 5.57. The zero-order chi connectivity index (χ0) is 21.5. The molecule has 0 aliphatic carbocycles. The molecule has 3 heterocycles. The number of aryl methyl sites for hydroxylation is 2. The molecule has 0 unspecified atom stereocenters. The second-order valence-corrected chi connectivity index (χ2v) is 8.99. The molecule has 2 aliphatic heterocycles. The van der Waals surface area contributed by atoms with E-state index in [1.54, 1.807) is 7.11 Å². The summed E-state index contributed by atoms with van der Waals surface area (Å²) in [7, 11) is 3.64. The highest BCUT2D eigenvalue weighted by molar-refractivity contribution is 5.84. The summed E-state index contributed by atoms with van der Waals surface area (Å²) in [6, 6.07) is 7.11. The van der Waals surface area contributed by atoms with Crippen LogP contribution in [0.3, 0.4) is 0 Å². The van der Waals surface area contributed by atoms with Crippen molar-refractivity contribution in [3.8, 4) is 5.75 Å². The van der Waals surface area contributed by atoms with Gasteiger partial charge in [-0.05, 0) is 62.8 Å². The Hall–Kier alpha value is -2.34. The predicted octanol–water partition coefficient (Wildman–Crippen LogP) is 3.50. The van der Waals surface area contributed by atoms with E-state index in [1.165, 1.54) is 17.5 Å². The van der Waals surface area contributed by atoms with Crippen molar-refractivity contribution in [1.82, 2.24) is 20.0 Å². The lowest BCUT2D eigenvalue weighted by molar-refractivity contribution is -0.133. The molecule has 2 aromatic rings. The third kappa shape index (κ3) is 3.41. The van der Waals surface area contributed by atoms with Crippen LogP contribution in [0.5, 0.6) is 5.75 Å². The minimum Gasteiger partial charge on any atom is -0.497 e. The van der Waals surface area contributed by atoms with Gasteiger partial charge in [0.1, 0.15) is 5.75 Å². The third-order valence-corrected chi connectivity index (χ3v) is 7.64. The first-order valence-corrected chi connectivity index (χ1v) is 11.0. The molecule has 3 atom stereocenters. The number of aromatic nitrogens is 2. The van der Waals surface area contributed by atoms with E-state index in [1.807, 2.05) is 30.9 Å². The number of methoxy groups -OCH3 is 1. The van der Waals surface area contributed by atoms with Gasteiger partial charge in [-0.2, -0.15) is 5.10 Å². The van der Waals surface area contributed by atoms with Crippen LogP contribution < -0.4 is 10.1 Å². The van der Waals surface area contributed by atoms with Gasteiger partial charge < -0.3 is 10.1 Å². The number of rotatable bonds is 7. The second kappa shape index (κ2) is 8.06. The van der Waals surface area contributed by atoms with Crippen molar-refractivity contribution in [2.24, 2.45) is 12.5 Å². The van der Waals surface area contributed by atoms with Crippen molar-refractivity contribution in [2.45, 2.75) is 71.6 Å². The van der Waals surface area contributed by atoms with Crippen molar-refractivity contribution in [3.05, 3.63) is 46.8 Å². The van der Waals surface area contributed by atoms with Crippen LogP contribution >= 0.6 is 0 Å². The standard InChI is InChI=1S/C24H34N4O2/c1-6-24(23(29)25-13-19-14-26-27(4)17(19)3)12-20-8-10-22(24)28(20)15-18-7-9-21(30-5)11-16(18)2/h7,9,11,14,20,22H,6,8,10,12-13,15H2,1-5H3,(H,25,29)/t20-,22+,24+/m0/s1. The van der Waals surface area contributed by atoms with Crippen LogP contribution in [0.2, 0.25) is 0 Å². The van der Waals surface area contributed by atoms with Gasteiger partial charge in [-0.25, -0.2) is 0 Å². The van der Waals surface area contributed by atoms with Gasteiger partial charge in [0.05, 0.1) is 18.7 Å². The van der Waals surface area contributed by atoms with Gasteiger partial charge in [-0.3, -0.25) is 14.4 Å². The summed E-state index contributed by atoms with van der Waals surface area (Å²) in [5.74, 6) is 1.10. The largest absolute Gasteiger partial charge is 0.497 e. The fraction of sp³-hybridized carbons (Fsp3) is 0.583. The van der Waals surface area contributed by atoms with Gasteiger partial charge in [0.2, 0.25) is 5.91 Å². The van der Waals surface area contributed by atoms with Crippen molar-refractivity contribution >= 4 is 5.91 Å². The molecule has 1 aromatic carbocycles. The molecule has 0 spiro atoms. The monoisotopic (exact) mass is 410 g/mol. The Morgan fingerprint density at radius 2 is 2.10 bits per heavy atom. The molecule has 30 heavy (non-hydrogen) atoms. The van der Waals surface area contributed by atoms with E-state index in [4.69, 9.17) is 4.74 Å². The normalized spacial score (nSPS) is 25.6. The summed E-state index contributed by atoms with van der Waals surface area (Å²) in [5.41, 5.74) is 4.47. The van der Waals surface area contributed by atoms with Crippen molar-refractivity contribution in [2.75, 3.05) is 7.11 Å². The molecule has 0 saturated carbocycles. The fourth-order valence-corrected chi connectivity index (χ4v) is 5.57. The second-order valence-electron chi connectivity index (χ2n) is 8.99. The number of nitrogens with zero attached hydrogens (tertiary/aromatic N) is 3. The van der Waals surface area contributed by atoms with Gasteiger partial charge in [-0.15, -0.1) is 0 Å². The molecular weight excluding hydrogens is 376 g/mol. The van der Waals surface area contributed by atoms with Crippen LogP contribution in [0.15, 0.2) is 24.4 Å². The molecule has 0 radical (unpaired) electrons. The topological polar surface area (TPSA) is 59.4 Å². The van der Waals surface area contributed by atoms with Crippen LogP contribution in [0.25, 0.3) is 0 Å². The minimum absolute atomic E-state index is 0.205. The highest BCUT2D eigenvalue weighted by Gasteiger charge is 2.58. The van der Waals surface area contributed by atoms with Gasteiger partial charge in [0.15, 0.2) is 0 Å². The Bertz CT molecular complexity index is 937. The van der Waals surface area contributed by atoms with E-state index < -0.39 is 0 Å². The first-order valence-electron chi connectivity index (χ1n) is 11.0. The molecule has 2 aliphatic rings. The quantitative estimate of drug-likeness (QED) is 0.759. The summed E-state index contributed by atoms with van der Waals surface area (Å²) < 4.78 is 7.21. The van der Waals surface area contributed by atoms with E-state index in [0.717, 1.165) is 42.8 Å². The molecule has 2 bridgehead atoms. The number of carbonyl (C=O) groups excluding carboxylic acids is 1. The maximum absolute atomic E-state index is 13.4. The molecule has 2 fully saturated rings. The number of hydrogen-bond acceptors (Lipinski definition) is 4. The maximum atomic E-state index is 13.4.